The summed E-state index contributed by atoms with van der Waals surface area (Å²) in [5, 5.41) is 5.42. The maximum atomic E-state index is 13.3. The number of hydrogen-bond donors (Lipinski definition) is 2. The molecule has 0 aliphatic rings. The highest BCUT2D eigenvalue weighted by atomic mass is 19.4. The van der Waals surface area contributed by atoms with Gasteiger partial charge in [-0.15, -0.1) is 0 Å². The van der Waals surface area contributed by atoms with E-state index < -0.39 is 35.3 Å². The van der Waals surface area contributed by atoms with Crippen molar-refractivity contribution in [3.63, 3.8) is 0 Å². The first-order chi connectivity index (χ1) is 18.8. The predicted octanol–water partition coefficient (Wildman–Crippen LogP) is 8.48. The van der Waals surface area contributed by atoms with E-state index in [9.17, 15) is 31.1 Å². The zero-order valence-corrected chi connectivity index (χ0v) is 21.3. The van der Waals surface area contributed by atoms with Crippen molar-refractivity contribution in [2.24, 2.45) is 0 Å². The minimum Gasteiger partial charge on any atom is -0.354 e. The summed E-state index contributed by atoms with van der Waals surface area (Å²) in [6, 6.07) is 16.4. The molecule has 2 aromatic carbocycles. The van der Waals surface area contributed by atoms with Gasteiger partial charge in [-0.25, -0.2) is 0 Å². The standard InChI is InChI=1S/C29H24F6N4O/c1-17(23-13-11-19(15-36-23)38-25-9-5-3-7-21(25)28(30,31)32)27(40)18(2)24-14-12-20(16-37-24)39-26-10-6-4-8-22(26)29(33,34)35/h3-18,38-39H,1-2H3. The quantitative estimate of drug-likeness (QED) is 0.212. The number of alkyl halides is 6. The summed E-state index contributed by atoms with van der Waals surface area (Å²) >= 11 is 0. The van der Waals surface area contributed by atoms with E-state index in [0.717, 1.165) is 12.1 Å². The van der Waals surface area contributed by atoms with Gasteiger partial charge in [-0.3, -0.25) is 14.8 Å². The van der Waals surface area contributed by atoms with Gasteiger partial charge in [0.2, 0.25) is 0 Å². The van der Waals surface area contributed by atoms with Crippen molar-refractivity contribution in [2.75, 3.05) is 10.6 Å². The number of carbonyl (C=O) groups is 1. The Labute approximate surface area is 226 Å². The molecule has 208 valence electrons. The van der Waals surface area contributed by atoms with Crippen molar-refractivity contribution < 1.29 is 31.1 Å². The van der Waals surface area contributed by atoms with Gasteiger partial charge >= 0.3 is 12.4 Å². The van der Waals surface area contributed by atoms with Gasteiger partial charge in [-0.05, 0) is 62.4 Å². The van der Waals surface area contributed by atoms with E-state index in [2.05, 4.69) is 20.6 Å². The maximum Gasteiger partial charge on any atom is 0.418 e. The van der Waals surface area contributed by atoms with Crippen molar-refractivity contribution in [1.82, 2.24) is 9.97 Å². The fourth-order valence-corrected chi connectivity index (χ4v) is 4.13. The first-order valence-corrected chi connectivity index (χ1v) is 12.2. The second kappa shape index (κ2) is 11.4. The normalized spacial score (nSPS) is 13.4. The van der Waals surface area contributed by atoms with Gasteiger partial charge in [-0.2, -0.15) is 26.3 Å². The van der Waals surface area contributed by atoms with E-state index in [-0.39, 0.29) is 17.2 Å². The van der Waals surface area contributed by atoms with Gasteiger partial charge in [0.05, 0.1) is 69.5 Å². The van der Waals surface area contributed by atoms with Crippen molar-refractivity contribution in [2.45, 2.75) is 38.0 Å². The highest BCUT2D eigenvalue weighted by molar-refractivity contribution is 5.90. The number of ketones is 1. The van der Waals surface area contributed by atoms with Gasteiger partial charge in [-0.1, -0.05) is 24.3 Å². The molecule has 0 radical (unpaired) electrons. The van der Waals surface area contributed by atoms with Crippen LogP contribution in [0.3, 0.4) is 0 Å². The monoisotopic (exact) mass is 558 g/mol. The molecule has 2 heterocycles. The third-order valence-corrected chi connectivity index (χ3v) is 6.34. The highest BCUT2D eigenvalue weighted by Crippen LogP contribution is 2.37. The Morgan fingerprint density at radius 1 is 0.625 bits per heavy atom. The number of nitrogens with one attached hydrogen (secondary N) is 2. The van der Waals surface area contributed by atoms with Crippen LogP contribution in [0.4, 0.5) is 49.1 Å². The summed E-state index contributed by atoms with van der Waals surface area (Å²) in [7, 11) is 0. The number of hydrogen-bond acceptors (Lipinski definition) is 5. The van der Waals surface area contributed by atoms with E-state index >= 15 is 0 Å². The molecule has 0 spiro atoms. The van der Waals surface area contributed by atoms with Gasteiger partial charge in [0, 0.05) is 0 Å². The van der Waals surface area contributed by atoms with Crippen LogP contribution in [0, 0.1) is 0 Å². The highest BCUT2D eigenvalue weighted by Gasteiger charge is 2.34. The summed E-state index contributed by atoms with van der Waals surface area (Å²) in [5.41, 5.74) is -0.358. The Morgan fingerprint density at radius 2 is 1.00 bits per heavy atom. The average molecular weight is 559 g/mol. The molecule has 0 saturated carbocycles. The lowest BCUT2D eigenvalue weighted by atomic mass is 9.90. The molecule has 5 nitrogen and oxygen atoms in total. The molecule has 40 heavy (non-hydrogen) atoms. The number of nitrogens with zero attached hydrogens (tertiary/aromatic N) is 2. The number of Topliss-reactive ketones (excluding diaryl/α,β-unsaturated/α-hetero) is 1. The zero-order chi connectivity index (χ0) is 29.1. The average Bonchev–Trinajstić information content (AvgIpc) is 2.92. The van der Waals surface area contributed by atoms with Crippen LogP contribution in [0.2, 0.25) is 0 Å². The molecule has 2 atom stereocenters. The summed E-state index contributed by atoms with van der Waals surface area (Å²) in [5.74, 6) is -1.50. The van der Waals surface area contributed by atoms with Crippen LogP contribution in [0.5, 0.6) is 0 Å². The fraction of sp³-hybridized carbons (Fsp3) is 0.207. The number of aromatic nitrogens is 2. The van der Waals surface area contributed by atoms with Crippen LogP contribution >= 0.6 is 0 Å². The molecule has 2 unspecified atom stereocenters. The number of carbonyl (C=O) groups excluding carboxylic acids is 1. The lowest BCUT2D eigenvalue weighted by molar-refractivity contribution is -0.137. The van der Waals surface area contributed by atoms with E-state index in [0.29, 0.717) is 22.8 Å². The summed E-state index contributed by atoms with van der Waals surface area (Å²) in [6.07, 6.45) is -6.34. The first-order valence-electron chi connectivity index (χ1n) is 12.2. The second-order valence-electron chi connectivity index (χ2n) is 9.13. The summed E-state index contributed by atoms with van der Waals surface area (Å²) in [6.45, 7) is 3.33. The molecular formula is C29H24F6N4O. The SMILES string of the molecule is CC(C(=O)C(C)c1ccc(Nc2ccccc2C(F)(F)F)cn1)c1ccc(Nc2ccccc2C(F)(F)F)cn1. The Kier molecular flexibility index (Phi) is 8.13. The van der Waals surface area contributed by atoms with Gasteiger partial charge in [0.25, 0.3) is 0 Å². The summed E-state index contributed by atoms with van der Waals surface area (Å²) in [4.78, 5) is 21.7. The minimum atomic E-state index is -4.52. The number of rotatable bonds is 8. The molecule has 11 heteroatoms. The molecule has 2 aromatic heterocycles. The number of halogens is 6. The summed E-state index contributed by atoms with van der Waals surface area (Å²) < 4.78 is 79.6. The Hall–Kier alpha value is -4.41. The van der Waals surface area contributed by atoms with Crippen LogP contribution in [0.15, 0.2) is 85.2 Å². The van der Waals surface area contributed by atoms with Crippen LogP contribution < -0.4 is 10.6 Å². The topological polar surface area (TPSA) is 66.9 Å². The lowest BCUT2D eigenvalue weighted by Crippen LogP contribution is -2.18. The van der Waals surface area contributed by atoms with Crippen molar-refractivity contribution in [3.05, 3.63) is 108 Å². The Morgan fingerprint density at radius 3 is 1.32 bits per heavy atom. The van der Waals surface area contributed by atoms with Gasteiger partial charge in [0.1, 0.15) is 5.78 Å². The molecule has 2 N–H and O–H groups in total. The molecular weight excluding hydrogens is 534 g/mol. The van der Waals surface area contributed by atoms with Gasteiger partial charge < -0.3 is 10.6 Å². The lowest BCUT2D eigenvalue weighted by Gasteiger charge is -2.18. The minimum absolute atomic E-state index is 0.117. The van der Waals surface area contributed by atoms with E-state index in [1.165, 1.54) is 48.8 Å². The Bertz CT molecular complexity index is 1360. The first kappa shape index (κ1) is 28.6. The van der Waals surface area contributed by atoms with E-state index in [1.807, 2.05) is 0 Å². The largest absolute Gasteiger partial charge is 0.418 e. The molecule has 0 saturated heterocycles. The van der Waals surface area contributed by atoms with Crippen LogP contribution in [-0.4, -0.2) is 15.8 Å². The van der Waals surface area contributed by atoms with Crippen molar-refractivity contribution >= 4 is 28.5 Å². The smallest absolute Gasteiger partial charge is 0.354 e. The fourth-order valence-electron chi connectivity index (χ4n) is 4.13. The Balaban J connectivity index is 1.43. The predicted molar refractivity (Wildman–Crippen MR) is 140 cm³/mol. The molecule has 0 aliphatic carbocycles. The zero-order valence-electron chi connectivity index (χ0n) is 21.3. The molecule has 0 amide bonds. The van der Waals surface area contributed by atoms with Crippen LogP contribution in [-0.2, 0) is 17.1 Å². The molecule has 4 aromatic rings. The number of pyridine rings is 2. The molecule has 0 bridgehead atoms. The van der Waals surface area contributed by atoms with E-state index in [4.69, 9.17) is 0 Å². The van der Waals surface area contributed by atoms with E-state index in [1.54, 1.807) is 38.1 Å². The maximum absolute atomic E-state index is 13.3. The number of anilines is 4. The third kappa shape index (κ3) is 6.59. The third-order valence-electron chi connectivity index (χ3n) is 6.34. The number of para-hydroxylation sites is 2. The molecule has 4 rings (SSSR count). The van der Waals surface area contributed by atoms with Crippen LogP contribution in [0.1, 0.15) is 48.2 Å². The van der Waals surface area contributed by atoms with Crippen molar-refractivity contribution in [3.8, 4) is 0 Å². The van der Waals surface area contributed by atoms with Crippen molar-refractivity contribution in [1.29, 1.82) is 0 Å². The molecule has 0 fully saturated rings. The second-order valence-corrected chi connectivity index (χ2v) is 9.13. The number of benzene rings is 2. The van der Waals surface area contributed by atoms with Gasteiger partial charge in [0.15, 0.2) is 0 Å². The van der Waals surface area contributed by atoms with Crippen LogP contribution in [0.25, 0.3) is 0 Å². The molecule has 0 aliphatic heterocycles.